The molecule has 0 aromatic carbocycles. The molecule has 0 saturated heterocycles. The number of rotatable bonds is 0. The van der Waals surface area contributed by atoms with Crippen LogP contribution in [0, 0.1) is 0 Å². The van der Waals surface area contributed by atoms with E-state index in [4.69, 9.17) is 0 Å². The topological polar surface area (TPSA) is 85.5 Å². The van der Waals surface area contributed by atoms with Crippen molar-refractivity contribution in [2.45, 2.75) is 0 Å². The van der Waals surface area contributed by atoms with Crippen LogP contribution in [0.1, 0.15) is 0 Å². The van der Waals surface area contributed by atoms with Gasteiger partial charge in [0.1, 0.15) is 0 Å². The van der Waals surface area contributed by atoms with Gasteiger partial charge in [-0.3, -0.25) is 0 Å². The third-order valence-electron chi connectivity index (χ3n) is 0. The summed E-state index contributed by atoms with van der Waals surface area (Å²) in [5.41, 5.74) is 0. The molecule has 0 bridgehead atoms. The summed E-state index contributed by atoms with van der Waals surface area (Å²) in [6.45, 7) is 0. The van der Waals surface area contributed by atoms with Crippen molar-refractivity contribution in [1.82, 2.24) is 0 Å². The van der Waals surface area contributed by atoms with E-state index in [9.17, 15) is 0 Å². The van der Waals surface area contributed by atoms with Gasteiger partial charge in [-0.15, -0.1) is 0 Å². The average molecular weight is 441 g/mol. The Labute approximate surface area is 99.8 Å². The molecule has 0 aliphatic heterocycles. The Bertz CT molecular complexity index is 10.9. The number of hydrogen-bond acceptors (Lipinski definition) is 0. The first kappa shape index (κ1) is 104. The minimum atomic E-state index is 0. The second kappa shape index (κ2) is 72.5. The van der Waals surface area contributed by atoms with E-state index >= 15 is 0 Å². The smallest absolute Gasteiger partial charge is 2.00 e. The Morgan fingerprint density at radius 3 is 0.429 bits per heavy atom. The molecule has 0 fully saturated rings. The maximum atomic E-state index is 0. The molecule has 0 rings (SSSR count). The van der Waals surface area contributed by atoms with E-state index in [1.54, 1.807) is 0 Å². The minimum Gasteiger partial charge on any atom is -2.00 e. The second-order valence-electron chi connectivity index (χ2n) is 0. The van der Waals surface area contributed by atoms with Crippen molar-refractivity contribution in [3.8, 4) is 0 Å². The molecular formula is As2O3Sb2. The number of hydrogen-bond donors (Lipinski definition) is 0. The normalized spacial score (nSPS) is 0. The van der Waals surface area contributed by atoms with E-state index in [0.717, 1.165) is 0 Å². The summed E-state index contributed by atoms with van der Waals surface area (Å²) < 4.78 is 0. The zero-order valence-corrected chi connectivity index (χ0v) is 11.9. The monoisotopic (exact) mass is 440 g/mol. The predicted molar refractivity (Wildman–Crippen MR) is 25.1 cm³/mol. The van der Waals surface area contributed by atoms with Crippen LogP contribution in [-0.4, -0.2) is 84.8 Å². The summed E-state index contributed by atoms with van der Waals surface area (Å²) in [5, 5.41) is 0. The van der Waals surface area contributed by atoms with Crippen LogP contribution in [0.2, 0.25) is 0 Å². The molecule has 3 nitrogen and oxygen atoms in total. The molecular weight excluding hydrogens is 441 g/mol. The minimum absolute atomic E-state index is 0. The molecule has 7 heavy (non-hydrogen) atoms. The van der Waals surface area contributed by atoms with Crippen LogP contribution in [0.25, 0.3) is 0 Å². The molecule has 38 valence electrons. The van der Waals surface area contributed by atoms with Crippen LogP contribution >= 0.6 is 0 Å². The van der Waals surface area contributed by atoms with Gasteiger partial charge in [0, 0.05) is 35.9 Å². The second-order valence-corrected chi connectivity index (χ2v) is 0. The van der Waals surface area contributed by atoms with Gasteiger partial charge in [0.25, 0.3) is 0 Å². The summed E-state index contributed by atoms with van der Waals surface area (Å²) >= 11 is 0. The maximum absolute atomic E-state index is 0. The van der Waals surface area contributed by atoms with Crippen LogP contribution in [0.4, 0.5) is 0 Å². The van der Waals surface area contributed by atoms with E-state index in [1.807, 2.05) is 0 Å². The molecule has 0 atom stereocenters. The van der Waals surface area contributed by atoms with Crippen LogP contribution in [-0.2, 0) is 16.4 Å². The fourth-order valence-electron chi connectivity index (χ4n) is 0. The quantitative estimate of drug-likeness (QED) is 0.395. The molecule has 7 heteroatoms. The SMILES string of the molecule is [As].[As].[O-2].[O-2].[O-2].[Sb+3].[Sb+3]. The Morgan fingerprint density at radius 2 is 0.429 bits per heavy atom. The van der Waals surface area contributed by atoms with Gasteiger partial charge in [-0.05, 0) is 0 Å². The Kier molecular flexibility index (Phi) is 1070. The zero-order valence-electron chi connectivity index (χ0n) is 3.01. The predicted octanol–water partition coefficient (Wildman–Crippen LogP) is -1.88. The van der Waals surface area contributed by atoms with Crippen LogP contribution in [0.3, 0.4) is 0 Å². The molecule has 0 aliphatic carbocycles. The fourth-order valence-corrected chi connectivity index (χ4v) is 0. The maximum Gasteiger partial charge on any atom is 3.00 e. The first-order valence-corrected chi connectivity index (χ1v) is 0. The fraction of sp³-hybridized carbons (Fsp3) is 0. The van der Waals surface area contributed by atoms with Crippen molar-refractivity contribution < 1.29 is 16.4 Å². The molecule has 0 aromatic rings. The van der Waals surface area contributed by atoms with Gasteiger partial charge in [-0.1, -0.05) is 0 Å². The van der Waals surface area contributed by atoms with Gasteiger partial charge >= 0.3 is 48.9 Å². The van der Waals surface area contributed by atoms with Crippen molar-refractivity contribution in [1.29, 1.82) is 0 Å². The van der Waals surface area contributed by atoms with E-state index in [2.05, 4.69) is 0 Å². The third kappa shape index (κ3) is 54.8. The molecule has 0 amide bonds. The average Bonchev–Trinajstić information content (AvgIpc) is 0. The Morgan fingerprint density at radius 1 is 0.429 bits per heavy atom. The molecule has 0 N–H and O–H groups in total. The Balaban J connectivity index is 0. The van der Waals surface area contributed by atoms with Crippen molar-refractivity contribution >= 4 is 84.8 Å². The zero-order chi connectivity index (χ0) is 0. The van der Waals surface area contributed by atoms with E-state index in [-0.39, 0.29) is 101 Å². The molecule has 10 radical (unpaired) electrons. The standard InChI is InChI=1S/2As.3O.2Sb/q;;3*-2;2*+3. The van der Waals surface area contributed by atoms with Gasteiger partial charge in [0.2, 0.25) is 0 Å². The van der Waals surface area contributed by atoms with Gasteiger partial charge in [-0.25, -0.2) is 0 Å². The third-order valence-corrected chi connectivity index (χ3v) is 0. The molecule has 0 aromatic heterocycles. The van der Waals surface area contributed by atoms with E-state index in [0.29, 0.717) is 0 Å². The summed E-state index contributed by atoms with van der Waals surface area (Å²) in [6, 6.07) is 0. The molecule has 0 unspecified atom stereocenters. The van der Waals surface area contributed by atoms with Crippen molar-refractivity contribution in [2.75, 3.05) is 0 Å². The largest absolute Gasteiger partial charge is 3.00 e. The molecule has 0 aliphatic rings. The molecule has 0 saturated carbocycles. The van der Waals surface area contributed by atoms with Crippen molar-refractivity contribution in [2.24, 2.45) is 0 Å². The van der Waals surface area contributed by atoms with Gasteiger partial charge in [0.15, 0.2) is 0 Å². The molecule has 0 spiro atoms. The van der Waals surface area contributed by atoms with Gasteiger partial charge in [-0.2, -0.15) is 0 Å². The van der Waals surface area contributed by atoms with Crippen LogP contribution < -0.4 is 0 Å². The molecule has 0 heterocycles. The summed E-state index contributed by atoms with van der Waals surface area (Å²) in [5.74, 6) is 0. The van der Waals surface area contributed by atoms with E-state index < -0.39 is 0 Å². The van der Waals surface area contributed by atoms with Crippen molar-refractivity contribution in [3.63, 3.8) is 0 Å². The summed E-state index contributed by atoms with van der Waals surface area (Å²) in [4.78, 5) is 0. The van der Waals surface area contributed by atoms with Crippen molar-refractivity contribution in [3.05, 3.63) is 0 Å². The van der Waals surface area contributed by atoms with Crippen LogP contribution in [0.15, 0.2) is 0 Å². The van der Waals surface area contributed by atoms with Gasteiger partial charge < -0.3 is 16.4 Å². The Hall–Kier alpha value is 2.63. The first-order chi connectivity index (χ1) is 0. The van der Waals surface area contributed by atoms with E-state index in [1.165, 1.54) is 0 Å². The first-order valence-electron chi connectivity index (χ1n) is 0. The summed E-state index contributed by atoms with van der Waals surface area (Å²) in [7, 11) is 0. The van der Waals surface area contributed by atoms with Gasteiger partial charge in [0.05, 0.1) is 0 Å². The summed E-state index contributed by atoms with van der Waals surface area (Å²) in [6.07, 6.45) is 0. The van der Waals surface area contributed by atoms with Crippen LogP contribution in [0.5, 0.6) is 0 Å².